The lowest BCUT2D eigenvalue weighted by Crippen LogP contribution is -2.07. The van der Waals surface area contributed by atoms with Gasteiger partial charge in [-0.3, -0.25) is 4.57 Å². The third-order valence-electron chi connectivity index (χ3n) is 12.9. The molecule has 0 aliphatic rings. The van der Waals surface area contributed by atoms with Crippen LogP contribution in [0.25, 0.3) is 133 Å². The van der Waals surface area contributed by atoms with Gasteiger partial charge in [0.25, 0.3) is 0 Å². The monoisotopic (exact) mass is 803 g/mol. The van der Waals surface area contributed by atoms with Crippen LogP contribution in [0.2, 0.25) is 0 Å². The maximum atomic E-state index is 6.41. The van der Waals surface area contributed by atoms with E-state index in [2.05, 4.69) is 185 Å². The number of hydrogen-bond acceptors (Lipinski definition) is 4. The summed E-state index contributed by atoms with van der Waals surface area (Å²) >= 11 is 0. The lowest BCUT2D eigenvalue weighted by atomic mass is 9.94. The fourth-order valence-corrected chi connectivity index (χ4v) is 10.2. The molecule has 0 bridgehead atoms. The van der Waals surface area contributed by atoms with Gasteiger partial charge in [0.2, 0.25) is 5.95 Å². The molecule has 0 radical (unpaired) electrons. The zero-order chi connectivity index (χ0) is 41.2. The van der Waals surface area contributed by atoms with Gasteiger partial charge in [-0.25, -0.2) is 4.98 Å². The van der Waals surface area contributed by atoms with Crippen LogP contribution in [0.4, 0.5) is 0 Å². The van der Waals surface area contributed by atoms with Crippen molar-refractivity contribution < 1.29 is 4.42 Å². The minimum absolute atomic E-state index is 0.555. The topological polar surface area (TPSA) is 61.7 Å². The molecule has 4 aromatic heterocycles. The van der Waals surface area contributed by atoms with E-state index in [4.69, 9.17) is 19.4 Å². The molecule has 0 aliphatic carbocycles. The highest BCUT2D eigenvalue weighted by atomic mass is 16.3. The smallest absolute Gasteiger partial charge is 0.238 e. The molecule has 6 nitrogen and oxygen atoms in total. The molecule has 14 aromatic rings. The molecule has 6 heteroatoms. The van der Waals surface area contributed by atoms with E-state index >= 15 is 0 Å². The first-order chi connectivity index (χ1) is 31.2. The van der Waals surface area contributed by atoms with Gasteiger partial charge in [-0.1, -0.05) is 164 Å². The Kier molecular flexibility index (Phi) is 7.02. The van der Waals surface area contributed by atoms with Crippen LogP contribution in [0.1, 0.15) is 0 Å². The van der Waals surface area contributed by atoms with Crippen molar-refractivity contribution in [3.05, 3.63) is 200 Å². The molecular formula is C57H33N5O. The number of aromatic nitrogens is 5. The predicted molar refractivity (Wildman–Crippen MR) is 258 cm³/mol. The van der Waals surface area contributed by atoms with Crippen molar-refractivity contribution in [1.29, 1.82) is 0 Å². The first-order valence-corrected chi connectivity index (χ1v) is 21.3. The number of fused-ring (bicyclic) bond motifs is 10. The average Bonchev–Trinajstić information content (AvgIpc) is 4.02. The second-order valence-electron chi connectivity index (χ2n) is 16.3. The van der Waals surface area contributed by atoms with Crippen LogP contribution in [0.3, 0.4) is 0 Å². The molecule has 292 valence electrons. The summed E-state index contributed by atoms with van der Waals surface area (Å²) in [6.07, 6.45) is 0. The lowest BCUT2D eigenvalue weighted by molar-refractivity contribution is 0.669. The summed E-state index contributed by atoms with van der Waals surface area (Å²) in [5.41, 5.74) is 11.3. The minimum atomic E-state index is 0.555. The van der Waals surface area contributed by atoms with Gasteiger partial charge in [-0.2, -0.15) is 9.97 Å². The highest BCUT2D eigenvalue weighted by molar-refractivity contribution is 6.33. The van der Waals surface area contributed by atoms with Crippen molar-refractivity contribution in [2.24, 2.45) is 0 Å². The van der Waals surface area contributed by atoms with Gasteiger partial charge in [-0.15, -0.1) is 0 Å². The van der Waals surface area contributed by atoms with Crippen LogP contribution in [-0.4, -0.2) is 24.1 Å². The van der Waals surface area contributed by atoms with Crippen molar-refractivity contribution in [2.45, 2.75) is 0 Å². The standard InChI is InChI=1S/C57H33N5O/c1-3-13-34(14-4-1)35-25-27-37(28-26-35)56-58-55(36-15-5-2-6-16-36)59-57(60-56)62-48-22-10-8-18-41(48)45-32-31-44-40-17-7-9-21-47(40)61(53(44)54(45)62)38-29-30-39-42-19-11-23-49-51(42)52-43(46(39)33-38)20-12-24-50(52)63-49/h1-33H. The summed E-state index contributed by atoms with van der Waals surface area (Å²) in [4.78, 5) is 15.9. The van der Waals surface area contributed by atoms with Crippen molar-refractivity contribution in [2.75, 3.05) is 0 Å². The molecule has 0 amide bonds. The van der Waals surface area contributed by atoms with Crippen molar-refractivity contribution in [3.8, 4) is 45.5 Å². The van der Waals surface area contributed by atoms with Gasteiger partial charge in [0.15, 0.2) is 11.6 Å². The fraction of sp³-hybridized carbons (Fsp3) is 0. The molecule has 10 aromatic carbocycles. The molecule has 4 heterocycles. The van der Waals surface area contributed by atoms with Crippen molar-refractivity contribution in [3.63, 3.8) is 0 Å². The molecule has 0 spiro atoms. The molecule has 0 fully saturated rings. The Morgan fingerprint density at radius 2 is 0.794 bits per heavy atom. The van der Waals surface area contributed by atoms with Crippen LogP contribution in [0, 0.1) is 0 Å². The van der Waals surface area contributed by atoms with Gasteiger partial charge in [-0.05, 0) is 69.1 Å². The van der Waals surface area contributed by atoms with Gasteiger partial charge < -0.3 is 8.98 Å². The van der Waals surface area contributed by atoms with E-state index in [-0.39, 0.29) is 0 Å². The maximum absolute atomic E-state index is 6.41. The number of para-hydroxylation sites is 2. The number of nitrogens with zero attached hydrogens (tertiary/aromatic N) is 5. The summed E-state index contributed by atoms with van der Waals surface area (Å²) < 4.78 is 11.1. The highest BCUT2D eigenvalue weighted by Crippen LogP contribution is 2.45. The Hall–Kier alpha value is -8.61. The molecule has 0 unspecified atom stereocenters. The van der Waals surface area contributed by atoms with Crippen molar-refractivity contribution in [1.82, 2.24) is 24.1 Å². The van der Waals surface area contributed by atoms with Gasteiger partial charge in [0.1, 0.15) is 11.2 Å². The van der Waals surface area contributed by atoms with E-state index in [0.29, 0.717) is 17.6 Å². The normalized spacial score (nSPS) is 12.1. The van der Waals surface area contributed by atoms with Gasteiger partial charge >= 0.3 is 0 Å². The molecule has 63 heavy (non-hydrogen) atoms. The summed E-state index contributed by atoms with van der Waals surface area (Å²) in [6, 6.07) is 70.8. The van der Waals surface area contributed by atoms with E-state index in [1.54, 1.807) is 0 Å². The van der Waals surface area contributed by atoms with Gasteiger partial charge in [0.05, 0.1) is 22.1 Å². The SMILES string of the molecule is c1ccc(-c2ccc(-c3nc(-c4ccccc4)nc(-n4c5ccccc5c5ccc6c7ccccc7n(-c7ccc8c(c7)c7cccc9oc%10cccc8c%10c97)c6c54)n3)cc2)cc1. The van der Waals surface area contributed by atoms with Crippen LogP contribution in [0.15, 0.2) is 205 Å². The largest absolute Gasteiger partial charge is 0.456 e. The Morgan fingerprint density at radius 1 is 0.317 bits per heavy atom. The van der Waals surface area contributed by atoms with E-state index < -0.39 is 0 Å². The van der Waals surface area contributed by atoms with Crippen LogP contribution in [0.5, 0.6) is 0 Å². The zero-order valence-electron chi connectivity index (χ0n) is 33.7. The van der Waals surface area contributed by atoms with E-state index in [9.17, 15) is 0 Å². The first-order valence-electron chi connectivity index (χ1n) is 21.3. The second-order valence-corrected chi connectivity index (χ2v) is 16.3. The summed E-state index contributed by atoms with van der Waals surface area (Å²) in [7, 11) is 0. The third-order valence-corrected chi connectivity index (χ3v) is 12.9. The highest BCUT2D eigenvalue weighted by Gasteiger charge is 2.24. The third kappa shape index (κ3) is 4.91. The number of furan rings is 1. The summed E-state index contributed by atoms with van der Waals surface area (Å²) in [5, 5.41) is 11.7. The first kappa shape index (κ1) is 34.1. The van der Waals surface area contributed by atoms with Gasteiger partial charge in [0, 0.05) is 49.1 Å². The zero-order valence-corrected chi connectivity index (χ0v) is 33.7. The maximum Gasteiger partial charge on any atom is 0.238 e. The summed E-state index contributed by atoms with van der Waals surface area (Å²) in [5.74, 6) is 1.77. The lowest BCUT2D eigenvalue weighted by Gasteiger charge is -2.15. The number of benzene rings is 10. The molecule has 0 N–H and O–H groups in total. The number of rotatable bonds is 5. The minimum Gasteiger partial charge on any atom is -0.456 e. The van der Waals surface area contributed by atoms with E-state index in [0.717, 1.165) is 77.3 Å². The molecule has 14 rings (SSSR count). The molecule has 0 aliphatic heterocycles. The van der Waals surface area contributed by atoms with E-state index in [1.807, 2.05) is 24.3 Å². The Bertz CT molecular complexity index is 4130. The number of hydrogen-bond donors (Lipinski definition) is 0. The van der Waals surface area contributed by atoms with Crippen LogP contribution in [-0.2, 0) is 0 Å². The Balaban J connectivity index is 1.08. The Labute approximate surface area is 359 Å². The molecule has 0 saturated carbocycles. The average molecular weight is 804 g/mol. The second kappa shape index (κ2) is 12.9. The quantitative estimate of drug-likeness (QED) is 0.163. The molecule has 0 atom stereocenters. The predicted octanol–water partition coefficient (Wildman–Crippen LogP) is 14.7. The van der Waals surface area contributed by atoms with Crippen molar-refractivity contribution >= 4 is 87.1 Å². The molecular weight excluding hydrogens is 771 g/mol. The Morgan fingerprint density at radius 3 is 1.44 bits per heavy atom. The van der Waals surface area contributed by atoms with Crippen LogP contribution >= 0.6 is 0 Å². The van der Waals surface area contributed by atoms with Crippen LogP contribution < -0.4 is 0 Å². The summed E-state index contributed by atoms with van der Waals surface area (Å²) in [6.45, 7) is 0. The fourth-order valence-electron chi connectivity index (χ4n) is 10.2. The molecule has 0 saturated heterocycles. The van der Waals surface area contributed by atoms with E-state index in [1.165, 1.54) is 37.7 Å².